The Kier molecular flexibility index (Phi) is 3.42. The molecule has 0 atom stereocenters. The van der Waals surface area contributed by atoms with E-state index >= 15 is 0 Å². The second kappa shape index (κ2) is 4.99. The van der Waals surface area contributed by atoms with Crippen LogP contribution in [0.3, 0.4) is 0 Å². The first kappa shape index (κ1) is 11.0. The first-order chi connectivity index (χ1) is 7.81. The van der Waals surface area contributed by atoms with Gasteiger partial charge in [-0.3, -0.25) is 9.52 Å². The maximum atomic E-state index is 11.5. The van der Waals surface area contributed by atoms with Crippen molar-refractivity contribution in [1.29, 1.82) is 0 Å². The molecule has 0 aliphatic heterocycles. The van der Waals surface area contributed by atoms with Gasteiger partial charge in [0.05, 0.1) is 5.56 Å². The number of hydrogen-bond acceptors (Lipinski definition) is 6. The first-order valence-corrected chi connectivity index (χ1v) is 5.48. The summed E-state index contributed by atoms with van der Waals surface area (Å²) in [6, 6.07) is 7.13. The van der Waals surface area contributed by atoms with E-state index in [1.807, 2.05) is 12.1 Å². The molecule has 82 valence electrons. The third kappa shape index (κ3) is 2.34. The second-order valence-electron chi connectivity index (χ2n) is 2.74. The molecule has 16 heavy (non-hydrogen) atoms. The molecule has 1 N–H and O–H groups in total. The van der Waals surface area contributed by atoms with Crippen LogP contribution in [0.2, 0.25) is 0 Å². The van der Waals surface area contributed by atoms with E-state index in [0.717, 1.165) is 4.90 Å². The van der Waals surface area contributed by atoms with Crippen LogP contribution in [0.15, 0.2) is 35.5 Å². The normalized spacial score (nSPS) is 10.1. The maximum absolute atomic E-state index is 11.5. The highest BCUT2D eigenvalue weighted by Crippen LogP contribution is 2.22. The number of carbonyl (C=O) groups excluding carboxylic acids is 1. The summed E-state index contributed by atoms with van der Waals surface area (Å²) in [7, 11) is 0. The number of amides is 1. The van der Waals surface area contributed by atoms with Gasteiger partial charge in [-0.2, -0.15) is 4.09 Å². The first-order valence-electron chi connectivity index (χ1n) is 4.26. The quantitative estimate of drug-likeness (QED) is 0.792. The van der Waals surface area contributed by atoms with Gasteiger partial charge in [-0.15, -0.1) is 5.10 Å². The molecule has 0 saturated carbocycles. The molecule has 1 aromatic heterocycles. The summed E-state index contributed by atoms with van der Waals surface area (Å²) >= 11 is 4.98. The van der Waals surface area contributed by atoms with Crippen LogP contribution >= 0.6 is 24.8 Å². The molecule has 0 unspecified atom stereocenters. The van der Waals surface area contributed by atoms with Crippen molar-refractivity contribution in [1.82, 2.24) is 24.3 Å². The van der Waals surface area contributed by atoms with Crippen molar-refractivity contribution in [3.05, 3.63) is 36.2 Å². The highest BCUT2D eigenvalue weighted by atomic mass is 32.2. The highest BCUT2D eigenvalue weighted by molar-refractivity contribution is 7.97. The minimum Gasteiger partial charge on any atom is -0.299 e. The van der Waals surface area contributed by atoms with Crippen LogP contribution in [-0.2, 0) is 0 Å². The van der Waals surface area contributed by atoms with Gasteiger partial charge in [-0.05, 0) is 22.6 Å². The van der Waals surface area contributed by atoms with Gasteiger partial charge < -0.3 is 0 Å². The molecule has 0 radical (unpaired) electrons. The molecule has 1 aromatic carbocycles. The van der Waals surface area contributed by atoms with Crippen molar-refractivity contribution in [2.45, 2.75) is 4.90 Å². The second-order valence-corrected chi connectivity index (χ2v) is 3.96. The van der Waals surface area contributed by atoms with E-state index in [1.54, 1.807) is 12.1 Å². The smallest absolute Gasteiger partial charge is 0.262 e. The number of tetrazole rings is 1. The van der Waals surface area contributed by atoms with Crippen LogP contribution in [0.5, 0.6) is 0 Å². The molecule has 0 aliphatic rings. The molecule has 8 heteroatoms. The third-order valence-electron chi connectivity index (χ3n) is 1.76. The zero-order valence-corrected chi connectivity index (χ0v) is 9.65. The standard InChI is InChI=1S/C8H7N5OS2/c14-8(10-15)6-3-1-2-4-7(6)16-13-5-9-11-12-13/h1-5,15H,(H,10,14). The fraction of sp³-hybridized carbons (Fsp3) is 0. The van der Waals surface area contributed by atoms with Gasteiger partial charge in [0.25, 0.3) is 5.91 Å². The minimum atomic E-state index is -0.264. The van der Waals surface area contributed by atoms with Gasteiger partial charge in [0.15, 0.2) is 6.33 Å². The Hall–Kier alpha value is -1.54. The lowest BCUT2D eigenvalue weighted by Crippen LogP contribution is -2.13. The summed E-state index contributed by atoms with van der Waals surface area (Å²) in [4.78, 5) is 12.3. The molecular formula is C8H7N5OS2. The highest BCUT2D eigenvalue weighted by Gasteiger charge is 2.10. The monoisotopic (exact) mass is 253 g/mol. The van der Waals surface area contributed by atoms with Crippen LogP contribution in [-0.4, -0.2) is 25.5 Å². The predicted molar refractivity (Wildman–Crippen MR) is 62.0 cm³/mol. The lowest BCUT2D eigenvalue weighted by atomic mass is 10.2. The molecule has 2 rings (SSSR count). The molecule has 2 aromatic rings. The summed E-state index contributed by atoms with van der Waals surface area (Å²) < 4.78 is 3.75. The Balaban J connectivity index is 2.30. The summed E-state index contributed by atoms with van der Waals surface area (Å²) in [5.41, 5.74) is 0.526. The molecule has 0 fully saturated rings. The summed E-state index contributed by atoms with van der Waals surface area (Å²) in [6.45, 7) is 0. The van der Waals surface area contributed by atoms with Crippen LogP contribution < -0.4 is 4.72 Å². The zero-order valence-electron chi connectivity index (χ0n) is 7.94. The van der Waals surface area contributed by atoms with E-state index in [9.17, 15) is 4.79 Å². The minimum absolute atomic E-state index is 0.264. The van der Waals surface area contributed by atoms with Gasteiger partial charge in [0.1, 0.15) is 0 Å². The van der Waals surface area contributed by atoms with Crippen molar-refractivity contribution in [3.63, 3.8) is 0 Å². The summed E-state index contributed by atoms with van der Waals surface area (Å²) in [6.07, 6.45) is 1.46. The summed E-state index contributed by atoms with van der Waals surface area (Å²) in [5, 5.41) is 10.7. The molecule has 6 nitrogen and oxygen atoms in total. The van der Waals surface area contributed by atoms with E-state index in [1.165, 1.54) is 22.4 Å². The number of aromatic nitrogens is 4. The van der Waals surface area contributed by atoms with Gasteiger partial charge in [0.2, 0.25) is 0 Å². The van der Waals surface area contributed by atoms with Crippen molar-refractivity contribution >= 4 is 30.7 Å². The van der Waals surface area contributed by atoms with E-state index < -0.39 is 0 Å². The third-order valence-corrected chi connectivity index (χ3v) is 2.87. The van der Waals surface area contributed by atoms with Crippen LogP contribution in [0.4, 0.5) is 0 Å². The molecule has 0 aliphatic carbocycles. The van der Waals surface area contributed by atoms with Gasteiger partial charge >= 0.3 is 0 Å². The molecule has 0 bridgehead atoms. The molecule has 0 spiro atoms. The van der Waals surface area contributed by atoms with E-state index in [2.05, 4.69) is 33.1 Å². The molecule has 1 heterocycles. The van der Waals surface area contributed by atoms with E-state index in [0.29, 0.717) is 5.56 Å². The largest absolute Gasteiger partial charge is 0.299 e. The fourth-order valence-electron chi connectivity index (χ4n) is 1.09. The van der Waals surface area contributed by atoms with Crippen molar-refractivity contribution in [3.8, 4) is 0 Å². The van der Waals surface area contributed by atoms with Crippen LogP contribution in [0.25, 0.3) is 0 Å². The van der Waals surface area contributed by atoms with Crippen LogP contribution in [0, 0.1) is 0 Å². The number of carbonyl (C=O) groups is 1. The number of nitrogens with zero attached hydrogens (tertiary/aromatic N) is 4. The maximum Gasteiger partial charge on any atom is 0.262 e. The number of rotatable bonds is 3. The number of benzene rings is 1. The Morgan fingerprint density at radius 1 is 1.44 bits per heavy atom. The molecular weight excluding hydrogens is 246 g/mol. The zero-order chi connectivity index (χ0) is 11.4. The average molecular weight is 253 g/mol. The van der Waals surface area contributed by atoms with E-state index in [4.69, 9.17) is 0 Å². The Morgan fingerprint density at radius 3 is 2.94 bits per heavy atom. The van der Waals surface area contributed by atoms with Gasteiger partial charge in [0, 0.05) is 16.8 Å². The molecule has 1 amide bonds. The Labute approximate surface area is 101 Å². The fourth-order valence-corrected chi connectivity index (χ4v) is 1.97. The lowest BCUT2D eigenvalue weighted by molar-refractivity contribution is 0.0982. The Morgan fingerprint density at radius 2 is 2.25 bits per heavy atom. The Bertz CT molecular complexity index is 487. The number of nitrogens with one attached hydrogen (secondary N) is 1. The average Bonchev–Trinajstić information content (AvgIpc) is 2.82. The topological polar surface area (TPSA) is 72.7 Å². The van der Waals surface area contributed by atoms with Gasteiger partial charge in [-0.25, -0.2) is 0 Å². The van der Waals surface area contributed by atoms with E-state index in [-0.39, 0.29) is 5.91 Å². The number of thiol groups is 1. The van der Waals surface area contributed by atoms with Crippen LogP contribution in [0.1, 0.15) is 10.4 Å². The molecule has 0 saturated heterocycles. The lowest BCUT2D eigenvalue weighted by Gasteiger charge is -2.05. The van der Waals surface area contributed by atoms with Crippen molar-refractivity contribution < 1.29 is 4.79 Å². The van der Waals surface area contributed by atoms with Crippen molar-refractivity contribution in [2.24, 2.45) is 0 Å². The predicted octanol–water partition coefficient (Wildman–Crippen LogP) is 0.803. The summed E-state index contributed by atoms with van der Waals surface area (Å²) in [5.74, 6) is -0.264. The number of hydrogen-bond donors (Lipinski definition) is 2. The van der Waals surface area contributed by atoms with Crippen molar-refractivity contribution in [2.75, 3.05) is 0 Å². The van der Waals surface area contributed by atoms with Gasteiger partial charge in [-0.1, -0.05) is 24.9 Å². The SMILES string of the molecule is O=C(NS)c1ccccc1Sn1cnnn1.